The molecule has 0 amide bonds. The number of aliphatic hydroxyl groups is 1. The second kappa shape index (κ2) is 8.53. The van der Waals surface area contributed by atoms with Gasteiger partial charge in [-0.2, -0.15) is 0 Å². The van der Waals surface area contributed by atoms with Crippen LogP contribution in [0.4, 0.5) is 0 Å². The molecule has 0 saturated heterocycles. The number of sulfonamides is 1. The van der Waals surface area contributed by atoms with E-state index in [1.165, 1.54) is 12.1 Å². The average Bonchev–Trinajstić information content (AvgIpc) is 2.67. The minimum absolute atomic E-state index is 0.0640. The maximum atomic E-state index is 12.5. The van der Waals surface area contributed by atoms with E-state index >= 15 is 0 Å². The molecule has 26 heavy (non-hydrogen) atoms. The summed E-state index contributed by atoms with van der Waals surface area (Å²) in [5, 5.41) is 9.28. The van der Waals surface area contributed by atoms with Gasteiger partial charge in [0.15, 0.2) is 11.5 Å². The Kier molecular flexibility index (Phi) is 6.13. The zero-order valence-electron chi connectivity index (χ0n) is 14.4. The van der Waals surface area contributed by atoms with E-state index in [0.29, 0.717) is 37.6 Å². The molecular weight excluding hydrogens is 354 g/mol. The molecule has 0 saturated carbocycles. The minimum atomic E-state index is -3.63. The van der Waals surface area contributed by atoms with E-state index in [9.17, 15) is 13.5 Å². The van der Waals surface area contributed by atoms with Gasteiger partial charge in [-0.05, 0) is 36.5 Å². The Morgan fingerprint density at radius 1 is 1.00 bits per heavy atom. The lowest BCUT2D eigenvalue weighted by molar-refractivity contribution is 0.171. The minimum Gasteiger partial charge on any atom is -0.486 e. The fraction of sp³-hybridized carbons (Fsp3) is 0.368. The molecule has 1 aliphatic heterocycles. The third-order valence-electron chi connectivity index (χ3n) is 4.36. The molecule has 2 aromatic rings. The average molecular weight is 377 g/mol. The number of hydrogen-bond donors (Lipinski definition) is 2. The highest BCUT2D eigenvalue weighted by Crippen LogP contribution is 2.32. The second-order valence-electron chi connectivity index (χ2n) is 6.11. The lowest BCUT2D eigenvalue weighted by Gasteiger charge is -2.19. The number of nitrogens with one attached hydrogen (secondary N) is 1. The fourth-order valence-electron chi connectivity index (χ4n) is 3.00. The van der Waals surface area contributed by atoms with Crippen molar-refractivity contribution in [3.8, 4) is 11.5 Å². The Labute approximate surface area is 153 Å². The van der Waals surface area contributed by atoms with E-state index in [0.717, 1.165) is 5.56 Å². The van der Waals surface area contributed by atoms with Crippen LogP contribution < -0.4 is 14.2 Å². The first kappa shape index (κ1) is 18.7. The maximum absolute atomic E-state index is 12.5. The first-order valence-electron chi connectivity index (χ1n) is 8.65. The monoisotopic (exact) mass is 377 g/mol. The van der Waals surface area contributed by atoms with Crippen molar-refractivity contribution in [3.63, 3.8) is 0 Å². The largest absolute Gasteiger partial charge is 0.486 e. The molecule has 1 unspecified atom stereocenters. The Morgan fingerprint density at radius 3 is 2.46 bits per heavy atom. The summed E-state index contributed by atoms with van der Waals surface area (Å²) in [4.78, 5) is 0.153. The van der Waals surface area contributed by atoms with Crippen LogP contribution in [-0.4, -0.2) is 39.9 Å². The van der Waals surface area contributed by atoms with Crippen molar-refractivity contribution in [1.82, 2.24) is 4.72 Å². The summed E-state index contributed by atoms with van der Waals surface area (Å²) >= 11 is 0. The molecule has 6 nitrogen and oxygen atoms in total. The van der Waals surface area contributed by atoms with E-state index in [2.05, 4.69) is 4.72 Å². The smallest absolute Gasteiger partial charge is 0.240 e. The molecule has 0 bridgehead atoms. The first-order valence-corrected chi connectivity index (χ1v) is 10.1. The molecule has 140 valence electrons. The zero-order valence-corrected chi connectivity index (χ0v) is 15.2. The lowest BCUT2D eigenvalue weighted by Crippen LogP contribution is -2.26. The SMILES string of the molecule is O=S(=O)(NCCC(CCO)c1ccccc1)c1ccc2c(c1)OCCO2. The fourth-order valence-corrected chi connectivity index (χ4v) is 4.06. The predicted molar refractivity (Wildman–Crippen MR) is 98.1 cm³/mol. The highest BCUT2D eigenvalue weighted by atomic mass is 32.2. The molecule has 0 aliphatic carbocycles. The molecule has 7 heteroatoms. The Hall–Kier alpha value is -2.09. The molecule has 0 radical (unpaired) electrons. The summed E-state index contributed by atoms with van der Waals surface area (Å²) in [6.07, 6.45) is 1.20. The number of benzene rings is 2. The molecule has 1 aliphatic rings. The van der Waals surface area contributed by atoms with Crippen LogP contribution in [0, 0.1) is 0 Å². The molecule has 1 heterocycles. The molecule has 0 spiro atoms. The quantitative estimate of drug-likeness (QED) is 0.737. The summed E-state index contributed by atoms with van der Waals surface area (Å²) in [6.45, 7) is 1.22. The summed E-state index contributed by atoms with van der Waals surface area (Å²) in [7, 11) is -3.63. The molecule has 2 aromatic carbocycles. The molecule has 3 rings (SSSR count). The van der Waals surface area contributed by atoms with E-state index in [1.807, 2.05) is 30.3 Å². The van der Waals surface area contributed by atoms with E-state index in [-0.39, 0.29) is 24.0 Å². The van der Waals surface area contributed by atoms with Gasteiger partial charge in [-0.15, -0.1) is 0 Å². The maximum Gasteiger partial charge on any atom is 0.240 e. The Morgan fingerprint density at radius 2 is 1.73 bits per heavy atom. The normalized spacial score (nSPS) is 14.8. The number of rotatable bonds is 8. The highest BCUT2D eigenvalue weighted by Gasteiger charge is 2.20. The number of ether oxygens (including phenoxy) is 2. The third-order valence-corrected chi connectivity index (χ3v) is 5.82. The van der Waals surface area contributed by atoms with Crippen LogP contribution in [0.3, 0.4) is 0 Å². The molecule has 0 fully saturated rings. The van der Waals surface area contributed by atoms with E-state index in [4.69, 9.17) is 9.47 Å². The molecule has 2 N–H and O–H groups in total. The van der Waals surface area contributed by atoms with Gasteiger partial charge >= 0.3 is 0 Å². The third kappa shape index (κ3) is 4.55. The van der Waals surface area contributed by atoms with Gasteiger partial charge in [0.2, 0.25) is 10.0 Å². The second-order valence-corrected chi connectivity index (χ2v) is 7.88. The molecular formula is C19H23NO5S. The van der Waals surface area contributed by atoms with Gasteiger partial charge in [0, 0.05) is 19.2 Å². The zero-order chi connectivity index (χ0) is 18.4. The predicted octanol–water partition coefficient (Wildman–Crippen LogP) is 2.29. The van der Waals surface area contributed by atoms with Crippen molar-refractivity contribution in [2.45, 2.75) is 23.7 Å². The Bertz CT molecular complexity index is 823. The van der Waals surface area contributed by atoms with E-state index in [1.54, 1.807) is 6.07 Å². The van der Waals surface area contributed by atoms with Crippen LogP contribution in [0.5, 0.6) is 11.5 Å². The van der Waals surface area contributed by atoms with Crippen molar-refractivity contribution in [3.05, 3.63) is 54.1 Å². The molecule has 1 atom stereocenters. The van der Waals surface area contributed by atoms with Crippen LogP contribution in [0.25, 0.3) is 0 Å². The van der Waals surface area contributed by atoms with Gasteiger partial charge < -0.3 is 14.6 Å². The topological polar surface area (TPSA) is 84.9 Å². The number of aliphatic hydroxyl groups excluding tert-OH is 1. The van der Waals surface area contributed by atoms with Crippen LogP contribution in [0.15, 0.2) is 53.4 Å². The van der Waals surface area contributed by atoms with Crippen LogP contribution in [0.2, 0.25) is 0 Å². The van der Waals surface area contributed by atoms with E-state index < -0.39 is 10.0 Å². The van der Waals surface area contributed by atoms with Gasteiger partial charge in [0.25, 0.3) is 0 Å². The van der Waals surface area contributed by atoms with Crippen molar-refractivity contribution in [2.75, 3.05) is 26.4 Å². The van der Waals surface area contributed by atoms with Gasteiger partial charge in [-0.25, -0.2) is 13.1 Å². The summed E-state index contributed by atoms with van der Waals surface area (Å²) in [5.74, 6) is 1.10. The van der Waals surface area contributed by atoms with Crippen molar-refractivity contribution in [1.29, 1.82) is 0 Å². The number of hydrogen-bond acceptors (Lipinski definition) is 5. The van der Waals surface area contributed by atoms with Crippen LogP contribution >= 0.6 is 0 Å². The highest BCUT2D eigenvalue weighted by molar-refractivity contribution is 7.89. The standard InChI is InChI=1S/C19H23NO5S/c21-11-9-16(15-4-2-1-3-5-15)8-10-20-26(22,23)17-6-7-18-19(14-17)25-13-12-24-18/h1-7,14,16,20-21H,8-13H2. The summed E-state index contributed by atoms with van der Waals surface area (Å²) in [5.41, 5.74) is 1.10. The van der Waals surface area contributed by atoms with Gasteiger partial charge in [0.1, 0.15) is 13.2 Å². The van der Waals surface area contributed by atoms with Gasteiger partial charge in [0.05, 0.1) is 4.90 Å². The summed E-state index contributed by atoms with van der Waals surface area (Å²) in [6, 6.07) is 14.4. The van der Waals surface area contributed by atoms with Gasteiger partial charge in [-0.3, -0.25) is 0 Å². The van der Waals surface area contributed by atoms with Crippen LogP contribution in [0.1, 0.15) is 24.3 Å². The molecule has 0 aromatic heterocycles. The van der Waals surface area contributed by atoms with Gasteiger partial charge in [-0.1, -0.05) is 30.3 Å². The van der Waals surface area contributed by atoms with Crippen molar-refractivity contribution >= 4 is 10.0 Å². The lowest BCUT2D eigenvalue weighted by atomic mass is 9.93. The van der Waals surface area contributed by atoms with Crippen molar-refractivity contribution < 1.29 is 23.0 Å². The summed E-state index contributed by atoms with van der Waals surface area (Å²) < 4.78 is 38.6. The number of fused-ring (bicyclic) bond motifs is 1. The van der Waals surface area contributed by atoms with Crippen LogP contribution in [-0.2, 0) is 10.0 Å². The van der Waals surface area contributed by atoms with Crippen molar-refractivity contribution in [2.24, 2.45) is 0 Å². The Balaban J connectivity index is 1.64. The first-order chi connectivity index (χ1) is 12.6.